The van der Waals surface area contributed by atoms with E-state index in [2.05, 4.69) is 38.8 Å². The first kappa shape index (κ1) is 14.1. The maximum atomic E-state index is 4.07. The highest BCUT2D eigenvalue weighted by molar-refractivity contribution is 6.83. The van der Waals surface area contributed by atoms with E-state index in [0.717, 1.165) is 6.04 Å². The summed E-state index contributed by atoms with van der Waals surface area (Å²) in [6.45, 7) is 12.0. The quantitative estimate of drug-likeness (QED) is 0.727. The first-order valence-electron chi connectivity index (χ1n) is 7.56. The predicted octanol–water partition coefficient (Wildman–Crippen LogP) is 4.71. The Morgan fingerprint density at radius 3 is 2.06 bits per heavy atom. The van der Waals surface area contributed by atoms with Gasteiger partial charge >= 0.3 is 0 Å². The van der Waals surface area contributed by atoms with Gasteiger partial charge in [-0.15, -0.1) is 0 Å². The molecule has 2 heteroatoms. The van der Waals surface area contributed by atoms with E-state index in [0.29, 0.717) is 0 Å². The van der Waals surface area contributed by atoms with E-state index in [1.165, 1.54) is 38.5 Å². The highest BCUT2D eigenvalue weighted by atomic mass is 28.3. The van der Waals surface area contributed by atoms with Crippen LogP contribution in [0.3, 0.4) is 0 Å². The second-order valence-corrected chi connectivity index (χ2v) is 10.9. The van der Waals surface area contributed by atoms with E-state index in [1.54, 1.807) is 21.9 Å². The van der Waals surface area contributed by atoms with Gasteiger partial charge in [-0.3, -0.25) is 0 Å². The second-order valence-electron chi connectivity index (χ2n) is 6.84. The summed E-state index contributed by atoms with van der Waals surface area (Å²) in [6.07, 6.45) is 8.29. The Labute approximate surface area is 114 Å². The summed E-state index contributed by atoms with van der Waals surface area (Å²) in [4.78, 5) is 4.07. The predicted molar refractivity (Wildman–Crippen MR) is 83.2 cm³/mol. The van der Waals surface area contributed by atoms with Crippen LogP contribution in [0.4, 0.5) is 0 Å². The molecule has 2 rings (SSSR count). The fourth-order valence-electron chi connectivity index (χ4n) is 3.98. The summed E-state index contributed by atoms with van der Waals surface area (Å²) >= 11 is 0. The maximum Gasteiger partial charge on any atom is 0.151 e. The van der Waals surface area contributed by atoms with E-state index in [9.17, 15) is 0 Å². The smallest absolute Gasteiger partial charge is 0.151 e. The van der Waals surface area contributed by atoms with Gasteiger partial charge in [0.1, 0.15) is 0 Å². The molecule has 18 heavy (non-hydrogen) atoms. The van der Waals surface area contributed by atoms with Gasteiger partial charge in [-0.2, -0.15) is 0 Å². The van der Waals surface area contributed by atoms with Gasteiger partial charge in [-0.1, -0.05) is 49.1 Å². The zero-order valence-electron chi connectivity index (χ0n) is 12.8. The van der Waals surface area contributed by atoms with Gasteiger partial charge in [-0.25, -0.2) is 0 Å². The third-order valence-corrected chi connectivity index (χ3v) is 7.95. The van der Waals surface area contributed by atoms with E-state index in [-0.39, 0.29) is 0 Å². The number of rotatable bonds is 3. The molecular formula is C16H29NSi. The Morgan fingerprint density at radius 2 is 1.56 bits per heavy atom. The van der Waals surface area contributed by atoms with Gasteiger partial charge < -0.3 is 4.98 Å². The van der Waals surface area contributed by atoms with Crippen molar-refractivity contribution in [2.24, 2.45) is 0 Å². The van der Waals surface area contributed by atoms with Crippen molar-refractivity contribution < 1.29 is 0 Å². The van der Waals surface area contributed by atoms with Crippen molar-refractivity contribution in [1.29, 1.82) is 0 Å². The van der Waals surface area contributed by atoms with Crippen molar-refractivity contribution >= 4 is 8.24 Å². The molecule has 0 aliphatic heterocycles. The van der Waals surface area contributed by atoms with Crippen molar-refractivity contribution in [3.8, 4) is 0 Å². The molecule has 0 unspecified atom stereocenters. The molecule has 1 nitrogen and oxygen atoms in total. The second kappa shape index (κ2) is 5.34. The number of hydrogen-bond donors (Lipinski definition) is 1. The first-order chi connectivity index (χ1) is 8.42. The van der Waals surface area contributed by atoms with Gasteiger partial charge in [0.25, 0.3) is 0 Å². The Bertz CT molecular complexity index is 384. The molecule has 0 atom stereocenters. The topological polar surface area (TPSA) is 12.0 Å². The van der Waals surface area contributed by atoms with Crippen LogP contribution in [0.2, 0.25) is 13.1 Å². The van der Waals surface area contributed by atoms with Crippen molar-refractivity contribution in [2.75, 3.05) is 0 Å². The third-order valence-electron chi connectivity index (χ3n) is 4.77. The molecule has 0 aromatic carbocycles. The molecule has 2 aliphatic carbocycles. The Balaban J connectivity index is 2.13. The van der Waals surface area contributed by atoms with Crippen LogP contribution in [-0.2, 0) is 0 Å². The average molecular weight is 264 g/mol. The molecular weight excluding hydrogens is 234 g/mol. The summed E-state index contributed by atoms with van der Waals surface area (Å²) in [6, 6.07) is 0.787. The zero-order valence-corrected chi connectivity index (χ0v) is 13.8. The maximum absolute atomic E-state index is 4.07. The summed E-state index contributed by atoms with van der Waals surface area (Å²) < 4.78 is 0. The monoisotopic (exact) mass is 263 g/mol. The number of allylic oxidation sites excluding steroid dienone is 4. The molecule has 0 spiro atoms. The van der Waals surface area contributed by atoms with Crippen molar-refractivity contribution in [2.45, 2.75) is 78.4 Å². The molecule has 1 N–H and O–H groups in total. The van der Waals surface area contributed by atoms with E-state index >= 15 is 0 Å². The Hall–Kier alpha value is -0.343. The molecule has 102 valence electrons. The zero-order chi connectivity index (χ0) is 13.3. The van der Waals surface area contributed by atoms with Crippen LogP contribution >= 0.6 is 0 Å². The van der Waals surface area contributed by atoms with Crippen LogP contribution in [-0.4, -0.2) is 14.3 Å². The number of nitrogens with one attached hydrogen (secondary N) is 1. The lowest BCUT2D eigenvalue weighted by Gasteiger charge is -2.34. The average Bonchev–Trinajstić information content (AvgIpc) is 2.54. The molecule has 1 fully saturated rings. The fraction of sp³-hybridized carbons (Fsp3) is 0.750. The van der Waals surface area contributed by atoms with Crippen molar-refractivity contribution in [3.05, 3.63) is 21.9 Å². The molecule has 0 saturated heterocycles. The molecule has 0 aromatic heterocycles. The van der Waals surface area contributed by atoms with E-state index in [1.807, 2.05) is 0 Å². The third kappa shape index (κ3) is 2.80. The highest BCUT2D eigenvalue weighted by Gasteiger charge is 2.34. The summed E-state index contributed by atoms with van der Waals surface area (Å²) in [7, 11) is -1.45. The Kier molecular flexibility index (Phi) is 4.17. The van der Waals surface area contributed by atoms with Gasteiger partial charge in [0.15, 0.2) is 8.24 Å². The molecule has 1 saturated carbocycles. The first-order valence-corrected chi connectivity index (χ1v) is 10.6. The van der Waals surface area contributed by atoms with E-state index < -0.39 is 8.24 Å². The molecule has 0 amide bonds. The molecule has 0 heterocycles. The van der Waals surface area contributed by atoms with Gasteiger partial charge in [0.05, 0.1) is 0 Å². The minimum absolute atomic E-state index is 0.787. The Morgan fingerprint density at radius 1 is 0.944 bits per heavy atom. The van der Waals surface area contributed by atoms with E-state index in [4.69, 9.17) is 0 Å². The van der Waals surface area contributed by atoms with Crippen LogP contribution in [0, 0.1) is 0 Å². The minimum Gasteiger partial charge on any atom is -0.331 e. The largest absolute Gasteiger partial charge is 0.331 e. The molecule has 2 aliphatic rings. The lowest BCUT2D eigenvalue weighted by atomic mass is 9.96. The van der Waals surface area contributed by atoms with Crippen LogP contribution in [0.25, 0.3) is 0 Å². The number of hydrogen-bond acceptors (Lipinski definition) is 1. The highest BCUT2D eigenvalue weighted by Crippen LogP contribution is 2.36. The summed E-state index contributed by atoms with van der Waals surface area (Å²) in [5.74, 6) is 0. The van der Waals surface area contributed by atoms with Gasteiger partial charge in [-0.05, 0) is 45.2 Å². The van der Waals surface area contributed by atoms with Crippen molar-refractivity contribution in [1.82, 2.24) is 4.98 Å². The lowest BCUT2D eigenvalue weighted by molar-refractivity contribution is 0.414. The van der Waals surface area contributed by atoms with Gasteiger partial charge in [0.2, 0.25) is 0 Å². The van der Waals surface area contributed by atoms with Crippen LogP contribution < -0.4 is 4.98 Å². The normalized spacial score (nSPS) is 23.2. The standard InChI is InChI=1S/C16H29NSi/c1-12-11-13(2)16(14(12)3)18(4,5)17-15-9-7-6-8-10-15/h15,17H,6-11H2,1-5H3. The van der Waals surface area contributed by atoms with Crippen molar-refractivity contribution in [3.63, 3.8) is 0 Å². The summed E-state index contributed by atoms with van der Waals surface area (Å²) in [5, 5.41) is 1.71. The van der Waals surface area contributed by atoms with Crippen LogP contribution in [0.1, 0.15) is 59.3 Å². The minimum atomic E-state index is -1.45. The summed E-state index contributed by atoms with van der Waals surface area (Å²) in [5.41, 5.74) is 4.81. The van der Waals surface area contributed by atoms with Crippen LogP contribution in [0.15, 0.2) is 21.9 Å². The molecule has 0 radical (unpaired) electrons. The van der Waals surface area contributed by atoms with Gasteiger partial charge in [0, 0.05) is 6.04 Å². The molecule has 0 bridgehead atoms. The lowest BCUT2D eigenvalue weighted by Crippen LogP contribution is -2.53. The van der Waals surface area contributed by atoms with Crippen LogP contribution in [0.5, 0.6) is 0 Å². The molecule has 0 aromatic rings. The SMILES string of the molecule is CC1=C(C)C([Si](C)(C)NC2CCCCC2)=C(C)C1. The fourth-order valence-corrected chi connectivity index (χ4v) is 7.74.